The Hall–Kier alpha value is -2.88. The number of fused-ring (bicyclic) bond motifs is 1. The van der Waals surface area contributed by atoms with E-state index in [1.165, 1.54) is 12.5 Å². The largest absolute Gasteiger partial charge is 0.560 e. The zero-order chi connectivity index (χ0) is 17.3. The van der Waals surface area contributed by atoms with Gasteiger partial charge in [0.1, 0.15) is 22.8 Å². The van der Waals surface area contributed by atoms with Crippen LogP contribution in [0.3, 0.4) is 0 Å². The number of hydrogen-bond donors (Lipinski definition) is 2. The molecule has 24 heavy (non-hydrogen) atoms. The number of anilines is 1. The molecule has 0 aromatic carbocycles. The number of nitrogens with zero attached hydrogens (tertiary/aromatic N) is 3. The van der Waals surface area contributed by atoms with Gasteiger partial charge in [0.2, 0.25) is 5.91 Å². The molecular weight excluding hydrogens is 334 g/mol. The number of rotatable bonds is 4. The molecule has 1 atom stereocenters. The standard InChI is InChI=1S/C14H13N5O4S/c1-6(13-15-4-8(24-13)14(22)23)18-12(21)10-7-2-3-9(20)19-11(7)17-5-16-10/h4-6H,2-3H2,1H3,(H,18,21)(H,22,23)(H,16,17,19,20)/p+1/t6-/m1/s1. The molecule has 3 heterocycles. The SMILES string of the molecule is C[C@@H](NC(=O)c1ncnc2c1CCC(=O)N2)c1ncc(C(=O)[OH2+])s1. The van der Waals surface area contributed by atoms with Crippen LogP contribution in [-0.4, -0.2) is 37.8 Å². The minimum atomic E-state index is -0.808. The van der Waals surface area contributed by atoms with Crippen molar-refractivity contribution in [1.82, 2.24) is 20.3 Å². The lowest BCUT2D eigenvalue weighted by Crippen LogP contribution is -2.30. The Bertz CT molecular complexity index is 834. The molecule has 0 saturated carbocycles. The van der Waals surface area contributed by atoms with Gasteiger partial charge >= 0.3 is 5.97 Å². The molecule has 3 rings (SSSR count). The van der Waals surface area contributed by atoms with E-state index in [4.69, 9.17) is 5.11 Å². The number of carbonyl (C=O) groups excluding carboxylic acids is 3. The Balaban J connectivity index is 1.78. The van der Waals surface area contributed by atoms with Crippen LogP contribution in [0.15, 0.2) is 12.5 Å². The summed E-state index contributed by atoms with van der Waals surface area (Å²) in [4.78, 5) is 47.2. The van der Waals surface area contributed by atoms with Crippen LogP contribution in [0.5, 0.6) is 0 Å². The van der Waals surface area contributed by atoms with E-state index in [1.807, 2.05) is 0 Å². The number of hydrogen-bond acceptors (Lipinski definition) is 7. The summed E-state index contributed by atoms with van der Waals surface area (Å²) in [5.41, 5.74) is 0.808. The zero-order valence-corrected chi connectivity index (χ0v) is 13.4. The van der Waals surface area contributed by atoms with Crippen molar-refractivity contribution in [2.45, 2.75) is 25.8 Å². The average Bonchev–Trinajstić information content (AvgIpc) is 3.04. The molecule has 0 unspecified atom stereocenters. The second kappa shape index (κ2) is 6.32. The number of amides is 2. The third-order valence-electron chi connectivity index (χ3n) is 3.49. The van der Waals surface area contributed by atoms with Crippen molar-refractivity contribution in [1.29, 1.82) is 0 Å². The maximum absolute atomic E-state index is 12.5. The summed E-state index contributed by atoms with van der Waals surface area (Å²) in [5.74, 6) is -1.00. The van der Waals surface area contributed by atoms with E-state index in [1.54, 1.807) is 6.92 Å². The molecule has 9 nitrogen and oxygen atoms in total. The first-order valence-corrected chi connectivity index (χ1v) is 7.93. The van der Waals surface area contributed by atoms with Gasteiger partial charge in [-0.25, -0.2) is 15.0 Å². The minimum Gasteiger partial charge on any atom is -0.560 e. The van der Waals surface area contributed by atoms with Gasteiger partial charge in [-0.05, 0) is 13.3 Å². The Kier molecular flexibility index (Phi) is 4.21. The van der Waals surface area contributed by atoms with E-state index in [9.17, 15) is 14.4 Å². The van der Waals surface area contributed by atoms with Crippen molar-refractivity contribution >= 4 is 34.9 Å². The molecule has 1 aliphatic rings. The predicted octanol–water partition coefficient (Wildman–Crippen LogP) is 0.174. The van der Waals surface area contributed by atoms with Crippen LogP contribution in [0.2, 0.25) is 0 Å². The predicted molar refractivity (Wildman–Crippen MR) is 84.9 cm³/mol. The highest BCUT2D eigenvalue weighted by molar-refractivity contribution is 7.13. The van der Waals surface area contributed by atoms with Gasteiger partial charge < -0.3 is 15.7 Å². The summed E-state index contributed by atoms with van der Waals surface area (Å²) in [7, 11) is 0. The molecule has 0 spiro atoms. The molecule has 0 bridgehead atoms. The Morgan fingerprint density at radius 1 is 1.33 bits per heavy atom. The van der Waals surface area contributed by atoms with Crippen LogP contribution >= 0.6 is 11.3 Å². The molecule has 0 saturated heterocycles. The normalized spacial score (nSPS) is 14.5. The van der Waals surface area contributed by atoms with Gasteiger partial charge in [0.05, 0.1) is 12.2 Å². The Labute approximate surface area is 140 Å². The van der Waals surface area contributed by atoms with Gasteiger partial charge in [0.15, 0.2) is 4.88 Å². The summed E-state index contributed by atoms with van der Waals surface area (Å²) in [6.07, 6.45) is 3.22. The van der Waals surface area contributed by atoms with Crippen LogP contribution in [0.1, 0.15) is 50.1 Å². The maximum atomic E-state index is 12.5. The number of carbonyl (C=O) groups is 3. The zero-order valence-electron chi connectivity index (χ0n) is 12.6. The first-order valence-electron chi connectivity index (χ1n) is 7.12. The molecule has 0 aliphatic carbocycles. The summed E-state index contributed by atoms with van der Waals surface area (Å²) >= 11 is 1.06. The van der Waals surface area contributed by atoms with E-state index in [0.29, 0.717) is 22.8 Å². The molecule has 0 fully saturated rings. The highest BCUT2D eigenvalue weighted by atomic mass is 32.1. The lowest BCUT2D eigenvalue weighted by Gasteiger charge is -2.18. The molecule has 10 heteroatoms. The minimum absolute atomic E-state index is 0.142. The summed E-state index contributed by atoms with van der Waals surface area (Å²) in [6.45, 7) is 1.73. The van der Waals surface area contributed by atoms with Gasteiger partial charge in [-0.15, -0.1) is 11.3 Å². The quantitative estimate of drug-likeness (QED) is 0.756. The van der Waals surface area contributed by atoms with Gasteiger partial charge in [0.25, 0.3) is 5.91 Å². The van der Waals surface area contributed by atoms with Gasteiger partial charge in [0, 0.05) is 16.8 Å². The number of aromatic nitrogens is 3. The lowest BCUT2D eigenvalue weighted by molar-refractivity contribution is -0.116. The molecule has 2 aromatic heterocycles. The monoisotopic (exact) mass is 348 g/mol. The maximum Gasteiger partial charge on any atom is 0.560 e. The van der Waals surface area contributed by atoms with Gasteiger partial charge in [-0.2, -0.15) is 0 Å². The fraction of sp³-hybridized carbons (Fsp3) is 0.286. The van der Waals surface area contributed by atoms with E-state index in [-0.39, 0.29) is 22.9 Å². The molecule has 0 radical (unpaired) electrons. The fourth-order valence-corrected chi connectivity index (χ4v) is 3.07. The molecule has 1 aliphatic heterocycles. The Morgan fingerprint density at radius 3 is 2.83 bits per heavy atom. The van der Waals surface area contributed by atoms with Crippen molar-refractivity contribution in [2.75, 3.05) is 5.32 Å². The smallest absolute Gasteiger partial charge is 0.560 e. The van der Waals surface area contributed by atoms with Crippen molar-refractivity contribution < 1.29 is 19.5 Å². The summed E-state index contributed by atoms with van der Waals surface area (Å²) < 4.78 is 0. The van der Waals surface area contributed by atoms with Crippen LogP contribution in [0.4, 0.5) is 5.82 Å². The highest BCUT2D eigenvalue weighted by Crippen LogP contribution is 2.24. The first kappa shape index (κ1) is 16.0. The van der Waals surface area contributed by atoms with Crippen molar-refractivity contribution in [2.24, 2.45) is 0 Å². The number of nitrogens with one attached hydrogen (secondary N) is 2. The van der Waals surface area contributed by atoms with Crippen molar-refractivity contribution in [3.05, 3.63) is 33.7 Å². The van der Waals surface area contributed by atoms with Crippen LogP contribution < -0.4 is 10.6 Å². The molecule has 2 amide bonds. The third-order valence-corrected chi connectivity index (χ3v) is 4.66. The lowest BCUT2D eigenvalue weighted by atomic mass is 10.0. The molecule has 4 N–H and O–H groups in total. The average molecular weight is 348 g/mol. The van der Waals surface area contributed by atoms with Gasteiger partial charge in [-0.1, -0.05) is 0 Å². The fourth-order valence-electron chi connectivity index (χ4n) is 2.31. The van der Waals surface area contributed by atoms with Crippen LogP contribution in [0.25, 0.3) is 0 Å². The van der Waals surface area contributed by atoms with Crippen molar-refractivity contribution in [3.63, 3.8) is 0 Å². The van der Waals surface area contributed by atoms with Crippen LogP contribution in [0, 0.1) is 0 Å². The second-order valence-corrected chi connectivity index (χ2v) is 6.25. The van der Waals surface area contributed by atoms with Crippen LogP contribution in [-0.2, 0) is 11.2 Å². The van der Waals surface area contributed by atoms with Crippen molar-refractivity contribution in [3.8, 4) is 0 Å². The Morgan fingerprint density at radius 2 is 2.12 bits per heavy atom. The number of thiazole rings is 1. The molecule has 124 valence electrons. The van der Waals surface area contributed by atoms with Gasteiger partial charge in [-0.3, -0.25) is 9.59 Å². The third kappa shape index (κ3) is 3.08. The highest BCUT2D eigenvalue weighted by Gasteiger charge is 2.25. The summed E-state index contributed by atoms with van der Waals surface area (Å²) in [5, 5.41) is 13.0. The summed E-state index contributed by atoms with van der Waals surface area (Å²) in [6, 6.07) is -0.445. The van der Waals surface area contributed by atoms with E-state index >= 15 is 0 Å². The molecular formula is C14H14N5O4S+. The van der Waals surface area contributed by atoms with E-state index < -0.39 is 17.9 Å². The topological polar surface area (TPSA) is 137 Å². The van der Waals surface area contributed by atoms with E-state index in [2.05, 4.69) is 25.6 Å². The molecule has 2 aromatic rings. The first-order chi connectivity index (χ1) is 11.5. The second-order valence-electron chi connectivity index (χ2n) is 5.18. The van der Waals surface area contributed by atoms with E-state index in [0.717, 1.165) is 11.3 Å².